The van der Waals surface area contributed by atoms with Crippen molar-refractivity contribution in [2.45, 2.75) is 45.3 Å². The molecule has 2 aromatic rings. The van der Waals surface area contributed by atoms with Crippen molar-refractivity contribution in [1.82, 2.24) is 5.48 Å². The minimum atomic E-state index is -0.780. The van der Waals surface area contributed by atoms with Crippen LogP contribution in [0.3, 0.4) is 0 Å². The summed E-state index contributed by atoms with van der Waals surface area (Å²) in [6.07, 6.45) is 0.348. The van der Waals surface area contributed by atoms with Crippen molar-refractivity contribution < 1.29 is 14.7 Å². The van der Waals surface area contributed by atoms with Crippen LogP contribution in [0.15, 0.2) is 48.5 Å². The molecule has 0 fully saturated rings. The van der Waals surface area contributed by atoms with Crippen molar-refractivity contribution >= 4 is 5.91 Å². The first-order valence-electron chi connectivity index (χ1n) is 8.30. The molecular formula is C20H26N2O3. The van der Waals surface area contributed by atoms with E-state index in [9.17, 15) is 4.79 Å². The summed E-state index contributed by atoms with van der Waals surface area (Å²) in [5, 5.41) is 8.57. The van der Waals surface area contributed by atoms with E-state index >= 15 is 0 Å². The molecule has 0 aliphatic rings. The molecule has 1 amide bonds. The number of amides is 1. The molecule has 2 aromatic carbocycles. The minimum Gasteiger partial charge on any atom is -0.489 e. The molecule has 0 aromatic heterocycles. The molecule has 0 aliphatic heterocycles. The second-order valence-corrected chi connectivity index (χ2v) is 7.17. The number of hydroxylamine groups is 1. The van der Waals surface area contributed by atoms with Crippen LogP contribution in [0.4, 0.5) is 0 Å². The molecule has 4 N–H and O–H groups in total. The lowest BCUT2D eigenvalue weighted by atomic mass is 9.87. The smallest absolute Gasteiger partial charge is 0.260 e. The Morgan fingerprint density at radius 3 is 2.16 bits per heavy atom. The highest BCUT2D eigenvalue weighted by molar-refractivity contribution is 5.80. The van der Waals surface area contributed by atoms with E-state index in [-0.39, 0.29) is 5.41 Å². The zero-order chi connectivity index (χ0) is 18.4. The third-order valence-corrected chi connectivity index (χ3v) is 4.05. The predicted molar refractivity (Wildman–Crippen MR) is 97.5 cm³/mol. The molecular weight excluding hydrogens is 316 g/mol. The highest BCUT2D eigenvalue weighted by Crippen LogP contribution is 2.22. The third-order valence-electron chi connectivity index (χ3n) is 4.05. The number of rotatable bonds is 6. The zero-order valence-electron chi connectivity index (χ0n) is 15.0. The quantitative estimate of drug-likeness (QED) is 0.557. The van der Waals surface area contributed by atoms with Gasteiger partial charge in [-0.25, -0.2) is 5.48 Å². The first-order chi connectivity index (χ1) is 11.8. The fourth-order valence-corrected chi connectivity index (χ4v) is 2.42. The van der Waals surface area contributed by atoms with E-state index in [0.29, 0.717) is 13.0 Å². The van der Waals surface area contributed by atoms with Gasteiger partial charge in [-0.05, 0) is 40.7 Å². The monoisotopic (exact) mass is 342 g/mol. The predicted octanol–water partition coefficient (Wildman–Crippen LogP) is 2.94. The summed E-state index contributed by atoms with van der Waals surface area (Å²) in [6.45, 7) is 7.07. The molecule has 0 bridgehead atoms. The number of carbonyl (C=O) groups is 1. The summed E-state index contributed by atoms with van der Waals surface area (Å²) in [6, 6.07) is 15.1. The van der Waals surface area contributed by atoms with Crippen molar-refractivity contribution in [2.75, 3.05) is 0 Å². The molecule has 0 aliphatic carbocycles. The summed E-state index contributed by atoms with van der Waals surface area (Å²) >= 11 is 0. The number of carbonyl (C=O) groups excluding carboxylic acids is 1. The van der Waals surface area contributed by atoms with Gasteiger partial charge >= 0.3 is 0 Å². The van der Waals surface area contributed by atoms with Crippen LogP contribution in [0.25, 0.3) is 0 Å². The molecule has 0 spiro atoms. The van der Waals surface area contributed by atoms with Gasteiger partial charge in [0.1, 0.15) is 12.4 Å². The molecule has 0 saturated heterocycles. The topological polar surface area (TPSA) is 84.6 Å². The van der Waals surface area contributed by atoms with Crippen LogP contribution in [0.5, 0.6) is 5.75 Å². The van der Waals surface area contributed by atoms with Crippen LogP contribution in [0.1, 0.15) is 37.5 Å². The summed E-state index contributed by atoms with van der Waals surface area (Å²) in [5.74, 6) is 0.155. The number of benzene rings is 2. The maximum Gasteiger partial charge on any atom is 0.260 e. The maximum absolute atomic E-state index is 11.2. The van der Waals surface area contributed by atoms with Crippen LogP contribution >= 0.6 is 0 Å². The van der Waals surface area contributed by atoms with E-state index in [1.807, 2.05) is 24.3 Å². The molecule has 0 radical (unpaired) electrons. The number of nitrogens with one attached hydrogen (secondary N) is 1. The lowest BCUT2D eigenvalue weighted by Crippen LogP contribution is -2.40. The Morgan fingerprint density at radius 1 is 1.08 bits per heavy atom. The summed E-state index contributed by atoms with van der Waals surface area (Å²) in [7, 11) is 0. The number of ether oxygens (including phenoxy) is 1. The van der Waals surface area contributed by atoms with E-state index in [2.05, 4.69) is 45.0 Å². The normalized spacial score (nSPS) is 12.5. The van der Waals surface area contributed by atoms with Gasteiger partial charge in [0.05, 0.1) is 6.04 Å². The zero-order valence-corrected chi connectivity index (χ0v) is 15.0. The van der Waals surface area contributed by atoms with Gasteiger partial charge in [0.2, 0.25) is 0 Å². The van der Waals surface area contributed by atoms with Gasteiger partial charge in [-0.1, -0.05) is 57.2 Å². The minimum absolute atomic E-state index is 0.142. The van der Waals surface area contributed by atoms with Crippen molar-refractivity contribution in [3.63, 3.8) is 0 Å². The Morgan fingerprint density at radius 2 is 1.64 bits per heavy atom. The first-order valence-corrected chi connectivity index (χ1v) is 8.30. The van der Waals surface area contributed by atoms with E-state index in [1.165, 1.54) is 5.56 Å². The van der Waals surface area contributed by atoms with Crippen molar-refractivity contribution in [3.8, 4) is 5.75 Å². The Hall–Kier alpha value is -2.37. The molecule has 0 saturated carbocycles. The Bertz CT molecular complexity index is 688. The van der Waals surface area contributed by atoms with E-state index < -0.39 is 11.9 Å². The summed E-state index contributed by atoms with van der Waals surface area (Å²) in [4.78, 5) is 11.2. The van der Waals surface area contributed by atoms with Crippen LogP contribution in [-0.4, -0.2) is 17.2 Å². The Labute approximate surface area is 148 Å². The second-order valence-electron chi connectivity index (χ2n) is 7.17. The number of hydrogen-bond donors (Lipinski definition) is 3. The molecule has 2 rings (SSSR count). The maximum atomic E-state index is 11.2. The SMILES string of the molecule is CC(C)(C)c1ccc(COc2ccc(CC(N)C(=O)NO)cc2)cc1. The van der Waals surface area contributed by atoms with Gasteiger partial charge in [-0.3, -0.25) is 10.0 Å². The largest absolute Gasteiger partial charge is 0.489 e. The number of hydrogen-bond acceptors (Lipinski definition) is 4. The molecule has 1 atom stereocenters. The fraction of sp³-hybridized carbons (Fsp3) is 0.350. The summed E-state index contributed by atoms with van der Waals surface area (Å²) in [5.41, 5.74) is 10.7. The van der Waals surface area contributed by atoms with Crippen LogP contribution < -0.4 is 16.0 Å². The van der Waals surface area contributed by atoms with E-state index in [4.69, 9.17) is 15.7 Å². The second kappa shape index (κ2) is 8.14. The molecule has 5 heteroatoms. The lowest BCUT2D eigenvalue weighted by molar-refractivity contribution is -0.130. The van der Waals surface area contributed by atoms with Gasteiger partial charge < -0.3 is 10.5 Å². The van der Waals surface area contributed by atoms with Crippen molar-refractivity contribution in [1.29, 1.82) is 0 Å². The van der Waals surface area contributed by atoms with Crippen molar-refractivity contribution in [2.24, 2.45) is 5.73 Å². The van der Waals surface area contributed by atoms with E-state index in [0.717, 1.165) is 16.9 Å². The highest BCUT2D eigenvalue weighted by atomic mass is 16.5. The Balaban J connectivity index is 1.90. The summed E-state index contributed by atoms with van der Waals surface area (Å²) < 4.78 is 5.80. The molecule has 134 valence electrons. The number of nitrogens with two attached hydrogens (primary N) is 1. The van der Waals surface area contributed by atoms with Gasteiger partial charge in [-0.15, -0.1) is 0 Å². The molecule has 25 heavy (non-hydrogen) atoms. The molecule has 5 nitrogen and oxygen atoms in total. The van der Waals surface area contributed by atoms with Crippen LogP contribution in [-0.2, 0) is 23.2 Å². The average molecular weight is 342 g/mol. The Kier molecular flexibility index (Phi) is 6.17. The van der Waals surface area contributed by atoms with Crippen molar-refractivity contribution in [3.05, 3.63) is 65.2 Å². The fourth-order valence-electron chi connectivity index (χ4n) is 2.42. The average Bonchev–Trinajstić information content (AvgIpc) is 2.60. The van der Waals surface area contributed by atoms with Gasteiger partial charge in [-0.2, -0.15) is 0 Å². The molecule has 1 unspecified atom stereocenters. The lowest BCUT2D eigenvalue weighted by Gasteiger charge is -2.19. The first kappa shape index (κ1) is 19.0. The van der Waals surface area contributed by atoms with Crippen LogP contribution in [0.2, 0.25) is 0 Å². The highest BCUT2D eigenvalue weighted by Gasteiger charge is 2.14. The standard InChI is InChI=1S/C20H26N2O3/c1-20(2,3)16-8-4-15(5-9-16)13-25-17-10-6-14(7-11-17)12-18(21)19(23)22-24/h4-11,18,24H,12-13,21H2,1-3H3,(H,22,23). The molecule has 0 heterocycles. The van der Waals surface area contributed by atoms with Gasteiger partial charge in [0.15, 0.2) is 0 Å². The third kappa shape index (κ3) is 5.59. The van der Waals surface area contributed by atoms with Gasteiger partial charge in [0, 0.05) is 0 Å². The van der Waals surface area contributed by atoms with Gasteiger partial charge in [0.25, 0.3) is 5.91 Å². The van der Waals surface area contributed by atoms with Crippen LogP contribution in [0, 0.1) is 0 Å². The van der Waals surface area contributed by atoms with E-state index in [1.54, 1.807) is 5.48 Å².